The Morgan fingerprint density at radius 3 is 2.72 bits per heavy atom. The van der Waals surface area contributed by atoms with E-state index in [1.807, 2.05) is 30.3 Å². The first-order valence-electron chi connectivity index (χ1n) is 8.04. The zero-order valence-electron chi connectivity index (χ0n) is 13.7. The third kappa shape index (κ3) is 3.42. The number of aliphatic carboxylic acids is 1. The lowest BCUT2D eigenvalue weighted by molar-refractivity contribution is -0.163. The largest absolute Gasteiger partial charge is 0.480 e. The number of amides is 1. The summed E-state index contributed by atoms with van der Waals surface area (Å²) in [7, 11) is 1.29. The van der Waals surface area contributed by atoms with Crippen molar-refractivity contribution in [3.8, 4) is 0 Å². The molecule has 0 radical (unpaired) electrons. The Bertz CT molecular complexity index is 705. The van der Waals surface area contributed by atoms with Gasteiger partial charge in [0, 0.05) is 22.3 Å². The van der Waals surface area contributed by atoms with Gasteiger partial charge >= 0.3 is 11.9 Å². The van der Waals surface area contributed by atoms with Gasteiger partial charge in [0.15, 0.2) is 0 Å². The highest BCUT2D eigenvalue weighted by Crippen LogP contribution is 2.47. The second-order valence-corrected chi connectivity index (χ2v) is 7.38. The Kier molecular flexibility index (Phi) is 5.13. The smallest absolute Gasteiger partial charge is 0.330 e. The number of carboxylic acids is 1. The van der Waals surface area contributed by atoms with E-state index in [9.17, 15) is 19.5 Å². The molecule has 2 aliphatic heterocycles. The molecule has 2 saturated heterocycles. The predicted octanol–water partition coefficient (Wildman–Crippen LogP) is 1.95. The fourth-order valence-corrected chi connectivity index (χ4v) is 4.83. The second-order valence-electron chi connectivity index (χ2n) is 6.07. The van der Waals surface area contributed by atoms with E-state index in [4.69, 9.17) is 0 Å². The summed E-state index contributed by atoms with van der Waals surface area (Å²) in [5.74, 6) is -1.84. The van der Waals surface area contributed by atoms with Crippen LogP contribution in [0.4, 0.5) is 0 Å². The van der Waals surface area contributed by atoms with Gasteiger partial charge in [-0.25, -0.2) is 9.59 Å². The Morgan fingerprint density at radius 2 is 2.08 bits per heavy atom. The van der Waals surface area contributed by atoms with Crippen LogP contribution in [-0.2, 0) is 19.1 Å². The molecule has 1 aromatic carbocycles. The van der Waals surface area contributed by atoms with Crippen LogP contribution in [0, 0.1) is 5.92 Å². The fraction of sp³-hybridized carbons (Fsp3) is 0.389. The Balaban J connectivity index is 1.70. The Hall–Kier alpha value is -2.28. The van der Waals surface area contributed by atoms with Crippen LogP contribution in [0.3, 0.4) is 0 Å². The molecule has 2 aliphatic rings. The number of fused-ring (bicyclic) bond motifs is 1. The van der Waals surface area contributed by atoms with E-state index in [1.165, 1.54) is 29.8 Å². The minimum atomic E-state index is -0.965. The van der Waals surface area contributed by atoms with Crippen LogP contribution in [0.5, 0.6) is 0 Å². The number of methoxy groups -OCH3 is 1. The van der Waals surface area contributed by atoms with Gasteiger partial charge in [-0.3, -0.25) is 4.79 Å². The maximum Gasteiger partial charge on any atom is 0.330 e. The van der Waals surface area contributed by atoms with Gasteiger partial charge in [-0.15, -0.1) is 11.8 Å². The standard InChI is InChI=1S/C18H19NO5S/c1-24-15(20)9-5-8-12-13-10-14(25-11-6-3-2-4-7-11)16(18(22)23)19(13)17(12)21/h2-7,9,12-14,16H,8,10H2,1H3,(H,22,23). The summed E-state index contributed by atoms with van der Waals surface area (Å²) in [6, 6.07) is 8.73. The Morgan fingerprint density at radius 1 is 1.36 bits per heavy atom. The molecular formula is C18H19NO5S. The highest BCUT2D eigenvalue weighted by Gasteiger charge is 2.59. The quantitative estimate of drug-likeness (QED) is 0.474. The van der Waals surface area contributed by atoms with E-state index in [2.05, 4.69) is 4.74 Å². The molecule has 1 aromatic rings. The molecule has 6 nitrogen and oxygen atoms in total. The average molecular weight is 361 g/mol. The molecule has 0 aliphatic carbocycles. The summed E-state index contributed by atoms with van der Waals surface area (Å²) in [6.45, 7) is 0. The number of allylic oxidation sites excluding steroid dienone is 1. The van der Waals surface area contributed by atoms with E-state index >= 15 is 0 Å². The van der Waals surface area contributed by atoms with Crippen LogP contribution >= 0.6 is 11.8 Å². The van der Waals surface area contributed by atoms with Crippen molar-refractivity contribution in [2.45, 2.75) is 35.1 Å². The lowest BCUT2D eigenvalue weighted by Gasteiger charge is -2.44. The highest BCUT2D eigenvalue weighted by atomic mass is 32.2. The summed E-state index contributed by atoms with van der Waals surface area (Å²) < 4.78 is 4.53. The Labute approximate surface area is 149 Å². The first-order valence-corrected chi connectivity index (χ1v) is 8.92. The van der Waals surface area contributed by atoms with Crippen molar-refractivity contribution in [1.82, 2.24) is 4.90 Å². The third-order valence-electron chi connectivity index (χ3n) is 4.65. The second kappa shape index (κ2) is 7.31. The number of hydrogen-bond donors (Lipinski definition) is 1. The SMILES string of the molecule is COC(=O)C=CCC1C(=O)N2C1CC(Sc1ccccc1)C2C(=O)O. The highest BCUT2D eigenvalue weighted by molar-refractivity contribution is 8.00. The number of benzene rings is 1. The van der Waals surface area contributed by atoms with E-state index in [1.54, 1.807) is 6.08 Å². The van der Waals surface area contributed by atoms with Gasteiger partial charge in [-0.1, -0.05) is 24.3 Å². The van der Waals surface area contributed by atoms with E-state index in [-0.39, 0.29) is 23.1 Å². The molecule has 4 atom stereocenters. The van der Waals surface area contributed by atoms with Gasteiger partial charge in [-0.2, -0.15) is 0 Å². The summed E-state index contributed by atoms with van der Waals surface area (Å²) >= 11 is 1.50. The normalized spacial score (nSPS) is 27.9. The molecule has 2 heterocycles. The molecule has 1 N–H and O–H groups in total. The minimum absolute atomic E-state index is 0.0860. The van der Waals surface area contributed by atoms with E-state index in [0.29, 0.717) is 12.8 Å². The molecule has 132 valence electrons. The molecule has 0 saturated carbocycles. The molecule has 25 heavy (non-hydrogen) atoms. The number of carboxylic acid groups (broad SMARTS) is 1. The van der Waals surface area contributed by atoms with Crippen molar-refractivity contribution < 1.29 is 24.2 Å². The first-order chi connectivity index (χ1) is 12.0. The summed E-state index contributed by atoms with van der Waals surface area (Å²) in [5.41, 5.74) is 0. The maximum absolute atomic E-state index is 12.4. The number of rotatable bonds is 6. The van der Waals surface area contributed by atoms with Crippen molar-refractivity contribution in [3.05, 3.63) is 42.5 Å². The third-order valence-corrected chi connectivity index (χ3v) is 5.95. The van der Waals surface area contributed by atoms with Crippen LogP contribution < -0.4 is 0 Å². The number of carbonyl (C=O) groups excluding carboxylic acids is 2. The topological polar surface area (TPSA) is 83.9 Å². The lowest BCUT2D eigenvalue weighted by atomic mass is 9.85. The van der Waals surface area contributed by atoms with Crippen LogP contribution in [0.1, 0.15) is 12.8 Å². The predicted molar refractivity (Wildman–Crippen MR) is 92.0 cm³/mol. The van der Waals surface area contributed by atoms with Crippen molar-refractivity contribution >= 4 is 29.6 Å². The molecule has 0 bridgehead atoms. The molecule has 2 fully saturated rings. The zero-order valence-corrected chi connectivity index (χ0v) is 14.5. The van der Waals surface area contributed by atoms with Gasteiger partial charge < -0.3 is 14.7 Å². The fourth-order valence-electron chi connectivity index (χ4n) is 3.50. The maximum atomic E-state index is 12.4. The molecule has 0 spiro atoms. The van der Waals surface area contributed by atoms with Gasteiger partial charge in [0.25, 0.3) is 0 Å². The van der Waals surface area contributed by atoms with Crippen LogP contribution in [-0.4, -0.2) is 52.3 Å². The number of ether oxygens (including phenoxy) is 1. The number of β-lactam (4-membered cyclic amide) rings is 1. The molecule has 4 unspecified atom stereocenters. The van der Waals surface area contributed by atoms with Gasteiger partial charge in [0.1, 0.15) is 6.04 Å². The van der Waals surface area contributed by atoms with Crippen molar-refractivity contribution in [2.24, 2.45) is 5.92 Å². The van der Waals surface area contributed by atoms with Crippen molar-refractivity contribution in [2.75, 3.05) is 7.11 Å². The number of nitrogens with zero attached hydrogens (tertiary/aromatic N) is 1. The average Bonchev–Trinajstić information content (AvgIpc) is 2.94. The molecular weight excluding hydrogens is 342 g/mol. The van der Waals surface area contributed by atoms with Gasteiger partial charge in [-0.05, 0) is 25.0 Å². The van der Waals surface area contributed by atoms with Crippen LogP contribution in [0.2, 0.25) is 0 Å². The van der Waals surface area contributed by atoms with Crippen molar-refractivity contribution in [3.63, 3.8) is 0 Å². The molecule has 7 heteroatoms. The lowest BCUT2D eigenvalue weighted by Crippen LogP contribution is -2.61. The molecule has 3 rings (SSSR count). The number of hydrogen-bond acceptors (Lipinski definition) is 5. The van der Waals surface area contributed by atoms with Crippen molar-refractivity contribution in [1.29, 1.82) is 0 Å². The minimum Gasteiger partial charge on any atom is -0.480 e. The molecule has 0 aromatic heterocycles. The first kappa shape index (κ1) is 17.5. The zero-order chi connectivity index (χ0) is 18.0. The number of esters is 1. The van der Waals surface area contributed by atoms with Crippen LogP contribution in [0.15, 0.2) is 47.4 Å². The van der Waals surface area contributed by atoms with E-state index in [0.717, 1.165) is 4.90 Å². The van der Waals surface area contributed by atoms with Gasteiger partial charge in [0.2, 0.25) is 5.91 Å². The summed E-state index contributed by atoms with van der Waals surface area (Å²) in [5, 5.41) is 9.41. The van der Waals surface area contributed by atoms with Gasteiger partial charge in [0.05, 0.1) is 13.0 Å². The number of thioether (sulfide) groups is 1. The number of carbonyl (C=O) groups is 3. The summed E-state index contributed by atoms with van der Waals surface area (Å²) in [4.78, 5) is 37.7. The molecule has 1 amide bonds. The van der Waals surface area contributed by atoms with E-state index < -0.39 is 18.0 Å². The monoisotopic (exact) mass is 361 g/mol. The van der Waals surface area contributed by atoms with Crippen LogP contribution in [0.25, 0.3) is 0 Å². The summed E-state index contributed by atoms with van der Waals surface area (Å²) in [6.07, 6.45) is 3.98.